The molecule has 1 aliphatic carbocycles. The van der Waals surface area contributed by atoms with E-state index in [9.17, 15) is 8.78 Å². The van der Waals surface area contributed by atoms with Crippen molar-refractivity contribution in [3.05, 3.63) is 35.4 Å². The van der Waals surface area contributed by atoms with Crippen LogP contribution in [0.25, 0.3) is 0 Å². The maximum atomic E-state index is 12.5. The van der Waals surface area contributed by atoms with Gasteiger partial charge in [0.05, 0.1) is 0 Å². The zero-order valence-corrected chi connectivity index (χ0v) is 5.27. The average molecular weight is 140 g/mol. The minimum Gasteiger partial charge on any atom is -0.201 e. The number of hydrogen-bond donors (Lipinski definition) is 0. The van der Waals surface area contributed by atoms with Crippen LogP contribution in [0, 0.1) is 0 Å². The molecule has 1 aromatic rings. The zero-order valence-electron chi connectivity index (χ0n) is 5.27. The summed E-state index contributed by atoms with van der Waals surface area (Å²) in [5.41, 5.74) is 0.988. The molecule has 0 unspecified atom stereocenters. The minimum atomic E-state index is -2.55. The Balaban J connectivity index is 2.53. The predicted molar refractivity (Wildman–Crippen MR) is 34.0 cm³/mol. The fourth-order valence-electron chi connectivity index (χ4n) is 1.26. The lowest BCUT2D eigenvalue weighted by molar-refractivity contribution is -0.0287. The van der Waals surface area contributed by atoms with Crippen molar-refractivity contribution >= 4 is 0 Å². The van der Waals surface area contributed by atoms with E-state index in [4.69, 9.17) is 0 Å². The second-order valence-electron chi connectivity index (χ2n) is 2.54. The Morgan fingerprint density at radius 3 is 2.40 bits per heavy atom. The molecule has 2 rings (SSSR count). The first-order valence-corrected chi connectivity index (χ1v) is 3.16. The standard InChI is InChI=1S/C8H6F2/c9-8(10)5-6-3-1-2-4-7(6)8/h1-4H,5H2. The van der Waals surface area contributed by atoms with Crippen LogP contribution in [0.1, 0.15) is 11.1 Å². The summed E-state index contributed by atoms with van der Waals surface area (Å²) in [6.07, 6.45) is -0.0802. The maximum absolute atomic E-state index is 12.5. The molecule has 0 saturated carbocycles. The van der Waals surface area contributed by atoms with Crippen LogP contribution < -0.4 is 0 Å². The molecule has 0 aromatic heterocycles. The van der Waals surface area contributed by atoms with Gasteiger partial charge in [0.25, 0.3) is 5.92 Å². The molecular formula is C8H6F2. The Labute approximate surface area is 57.5 Å². The van der Waals surface area contributed by atoms with Crippen LogP contribution in [0.5, 0.6) is 0 Å². The van der Waals surface area contributed by atoms with Crippen LogP contribution in [0.4, 0.5) is 8.78 Å². The van der Waals surface area contributed by atoms with Gasteiger partial charge in [0, 0.05) is 12.0 Å². The van der Waals surface area contributed by atoms with Gasteiger partial charge in [-0.1, -0.05) is 24.3 Å². The van der Waals surface area contributed by atoms with Gasteiger partial charge < -0.3 is 0 Å². The van der Waals surface area contributed by atoms with E-state index < -0.39 is 5.92 Å². The van der Waals surface area contributed by atoms with Gasteiger partial charge in [-0.05, 0) is 5.56 Å². The summed E-state index contributed by atoms with van der Waals surface area (Å²) in [5, 5.41) is 0. The van der Waals surface area contributed by atoms with E-state index >= 15 is 0 Å². The van der Waals surface area contributed by atoms with Gasteiger partial charge in [0.1, 0.15) is 0 Å². The first kappa shape index (κ1) is 5.83. The SMILES string of the molecule is FC1(F)Cc2ccccc21. The molecule has 0 bridgehead atoms. The molecule has 0 radical (unpaired) electrons. The van der Waals surface area contributed by atoms with E-state index in [2.05, 4.69) is 0 Å². The summed E-state index contributed by atoms with van der Waals surface area (Å²) >= 11 is 0. The van der Waals surface area contributed by atoms with Crippen molar-refractivity contribution in [3.8, 4) is 0 Å². The third-order valence-electron chi connectivity index (χ3n) is 1.82. The summed E-state index contributed by atoms with van der Waals surface area (Å²) in [6, 6.07) is 6.66. The van der Waals surface area contributed by atoms with Gasteiger partial charge in [-0.2, -0.15) is 0 Å². The lowest BCUT2D eigenvalue weighted by atomic mass is 9.85. The molecule has 0 saturated heterocycles. The Kier molecular flexibility index (Phi) is 0.914. The summed E-state index contributed by atoms with van der Waals surface area (Å²) < 4.78 is 25.1. The first-order chi connectivity index (χ1) is 4.70. The smallest absolute Gasteiger partial charge is 0.201 e. The van der Waals surface area contributed by atoms with Crippen molar-refractivity contribution in [1.29, 1.82) is 0 Å². The first-order valence-electron chi connectivity index (χ1n) is 3.16. The van der Waals surface area contributed by atoms with Gasteiger partial charge in [-0.3, -0.25) is 0 Å². The molecule has 0 heterocycles. The van der Waals surface area contributed by atoms with Crippen molar-refractivity contribution < 1.29 is 8.78 Å². The van der Waals surface area contributed by atoms with Gasteiger partial charge >= 0.3 is 0 Å². The van der Waals surface area contributed by atoms with Crippen molar-refractivity contribution in [1.82, 2.24) is 0 Å². The summed E-state index contributed by atoms with van der Waals surface area (Å²) in [7, 11) is 0. The van der Waals surface area contributed by atoms with Gasteiger partial charge in [0.15, 0.2) is 0 Å². The van der Waals surface area contributed by atoms with E-state index in [-0.39, 0.29) is 12.0 Å². The number of rotatable bonds is 0. The van der Waals surface area contributed by atoms with Crippen molar-refractivity contribution in [2.75, 3.05) is 0 Å². The van der Waals surface area contributed by atoms with Crippen LogP contribution in [-0.4, -0.2) is 0 Å². The molecule has 0 amide bonds. The number of benzene rings is 1. The normalized spacial score (nSPS) is 19.4. The van der Waals surface area contributed by atoms with Crippen molar-refractivity contribution in [2.45, 2.75) is 12.3 Å². The van der Waals surface area contributed by atoms with Gasteiger partial charge in [-0.25, -0.2) is 8.78 Å². The number of fused-ring (bicyclic) bond motifs is 1. The Bertz CT molecular complexity index is 266. The lowest BCUT2D eigenvalue weighted by Gasteiger charge is -2.29. The lowest BCUT2D eigenvalue weighted by Crippen LogP contribution is -2.29. The Morgan fingerprint density at radius 1 is 1.20 bits per heavy atom. The fraction of sp³-hybridized carbons (Fsp3) is 0.250. The summed E-state index contributed by atoms with van der Waals surface area (Å²) in [6.45, 7) is 0. The quantitative estimate of drug-likeness (QED) is 0.518. The molecule has 0 aliphatic heterocycles. The maximum Gasteiger partial charge on any atom is 0.277 e. The molecule has 10 heavy (non-hydrogen) atoms. The van der Waals surface area contributed by atoms with Gasteiger partial charge in [0.2, 0.25) is 0 Å². The van der Waals surface area contributed by atoms with Crippen LogP contribution in [-0.2, 0) is 12.3 Å². The van der Waals surface area contributed by atoms with Gasteiger partial charge in [-0.15, -0.1) is 0 Å². The fourth-order valence-corrected chi connectivity index (χ4v) is 1.26. The molecule has 0 N–H and O–H groups in total. The largest absolute Gasteiger partial charge is 0.277 e. The summed E-state index contributed by atoms with van der Waals surface area (Å²) in [5.74, 6) is -2.55. The molecule has 0 nitrogen and oxygen atoms in total. The van der Waals surface area contributed by atoms with E-state index in [1.807, 2.05) is 0 Å². The third-order valence-corrected chi connectivity index (χ3v) is 1.82. The highest BCUT2D eigenvalue weighted by molar-refractivity contribution is 5.40. The molecule has 52 valence electrons. The molecule has 2 heteroatoms. The highest BCUT2D eigenvalue weighted by atomic mass is 19.3. The highest BCUT2D eigenvalue weighted by Gasteiger charge is 2.42. The van der Waals surface area contributed by atoms with E-state index in [1.54, 1.807) is 18.2 Å². The molecule has 0 atom stereocenters. The monoisotopic (exact) mass is 140 g/mol. The van der Waals surface area contributed by atoms with E-state index in [1.165, 1.54) is 6.07 Å². The molecule has 0 fully saturated rings. The second kappa shape index (κ2) is 1.57. The molecule has 1 aliphatic rings. The third kappa shape index (κ3) is 0.589. The summed E-state index contributed by atoms with van der Waals surface area (Å²) in [4.78, 5) is 0. The van der Waals surface area contributed by atoms with Crippen LogP contribution in [0.15, 0.2) is 24.3 Å². The Hall–Kier alpha value is -0.920. The van der Waals surface area contributed by atoms with E-state index in [0.717, 1.165) is 5.56 Å². The predicted octanol–water partition coefficient (Wildman–Crippen LogP) is 2.33. The topological polar surface area (TPSA) is 0 Å². The number of alkyl halides is 2. The van der Waals surface area contributed by atoms with Crippen LogP contribution in [0.3, 0.4) is 0 Å². The molecule has 0 spiro atoms. The van der Waals surface area contributed by atoms with Crippen molar-refractivity contribution in [3.63, 3.8) is 0 Å². The molecular weight excluding hydrogens is 134 g/mol. The van der Waals surface area contributed by atoms with Crippen LogP contribution >= 0.6 is 0 Å². The average Bonchev–Trinajstić information content (AvgIpc) is 1.86. The number of hydrogen-bond acceptors (Lipinski definition) is 0. The number of halogens is 2. The minimum absolute atomic E-state index is 0.0802. The second-order valence-corrected chi connectivity index (χ2v) is 2.54. The Morgan fingerprint density at radius 2 is 1.90 bits per heavy atom. The molecule has 1 aromatic carbocycles. The van der Waals surface area contributed by atoms with E-state index in [0.29, 0.717) is 0 Å². The highest BCUT2D eigenvalue weighted by Crippen LogP contribution is 2.43. The van der Waals surface area contributed by atoms with Crippen molar-refractivity contribution in [2.24, 2.45) is 0 Å². The van der Waals surface area contributed by atoms with Crippen LogP contribution in [0.2, 0.25) is 0 Å². The zero-order chi connectivity index (χ0) is 7.19.